The molecule has 1 atom stereocenters. The lowest BCUT2D eigenvalue weighted by molar-refractivity contribution is -0.127. The van der Waals surface area contributed by atoms with Gasteiger partial charge in [0.1, 0.15) is 5.82 Å². The summed E-state index contributed by atoms with van der Waals surface area (Å²) in [5, 5.41) is 0. The third-order valence-corrected chi connectivity index (χ3v) is 6.28. The summed E-state index contributed by atoms with van der Waals surface area (Å²) in [7, 11) is 0. The van der Waals surface area contributed by atoms with Crippen molar-refractivity contribution in [1.29, 1.82) is 0 Å². The summed E-state index contributed by atoms with van der Waals surface area (Å²) in [6, 6.07) is 25.1. The number of aromatic amines is 1. The van der Waals surface area contributed by atoms with Gasteiger partial charge in [-0.1, -0.05) is 78.9 Å². The summed E-state index contributed by atoms with van der Waals surface area (Å²) in [5.74, 6) is -1.39. The first-order chi connectivity index (χ1) is 17.9. The van der Waals surface area contributed by atoms with Crippen LogP contribution in [-0.4, -0.2) is 27.5 Å². The SMILES string of the molecule is Nc1c(N(Cc2ccccc2)C(=O)C2Cc3ccccc3C(=O)O2)c(=O)[nH]c(=O)n1Cc1ccccc1. The number of hydrogen-bond acceptors (Lipinski definition) is 6. The number of nitrogens with one attached hydrogen (secondary N) is 1. The summed E-state index contributed by atoms with van der Waals surface area (Å²) in [4.78, 5) is 55.8. The predicted molar refractivity (Wildman–Crippen MR) is 138 cm³/mol. The first-order valence-electron chi connectivity index (χ1n) is 11.7. The number of nitrogens with two attached hydrogens (primary N) is 1. The molecule has 2 heterocycles. The zero-order valence-corrected chi connectivity index (χ0v) is 19.8. The quantitative estimate of drug-likeness (QED) is 0.395. The number of carbonyl (C=O) groups excluding carboxylic acids is 2. The number of aromatic nitrogens is 2. The minimum Gasteiger partial charge on any atom is -0.448 e. The Bertz CT molecular complexity index is 1580. The molecule has 0 saturated heterocycles. The number of esters is 1. The van der Waals surface area contributed by atoms with Crippen LogP contribution in [0.5, 0.6) is 0 Å². The van der Waals surface area contributed by atoms with Gasteiger partial charge in [-0.25, -0.2) is 9.59 Å². The Kier molecular flexibility index (Phi) is 6.42. The van der Waals surface area contributed by atoms with Crippen molar-refractivity contribution in [2.75, 3.05) is 10.6 Å². The predicted octanol–water partition coefficient (Wildman–Crippen LogP) is 2.48. The molecule has 9 nitrogen and oxygen atoms in total. The van der Waals surface area contributed by atoms with Gasteiger partial charge in [0, 0.05) is 6.42 Å². The molecule has 9 heteroatoms. The third-order valence-electron chi connectivity index (χ3n) is 6.28. The highest BCUT2D eigenvalue weighted by Crippen LogP contribution is 2.26. The van der Waals surface area contributed by atoms with Crippen LogP contribution in [0.3, 0.4) is 0 Å². The number of nitrogen functional groups attached to an aromatic ring is 1. The lowest BCUT2D eigenvalue weighted by Crippen LogP contribution is -2.47. The highest BCUT2D eigenvalue weighted by atomic mass is 16.5. The summed E-state index contributed by atoms with van der Waals surface area (Å²) in [5.41, 5.74) is 7.30. The molecule has 1 aliphatic heterocycles. The number of anilines is 2. The Hall–Kier alpha value is -4.92. The molecule has 5 rings (SSSR count). The number of amides is 1. The number of H-pyrrole nitrogens is 1. The highest BCUT2D eigenvalue weighted by molar-refractivity contribution is 6.02. The van der Waals surface area contributed by atoms with E-state index in [1.807, 2.05) is 36.4 Å². The summed E-state index contributed by atoms with van der Waals surface area (Å²) in [6.07, 6.45) is -1.02. The number of hydrogen-bond donors (Lipinski definition) is 2. The number of carbonyl (C=O) groups is 2. The zero-order chi connectivity index (χ0) is 25.9. The topological polar surface area (TPSA) is 127 Å². The van der Waals surface area contributed by atoms with Crippen molar-refractivity contribution >= 4 is 23.4 Å². The van der Waals surface area contributed by atoms with Crippen LogP contribution in [0, 0.1) is 0 Å². The van der Waals surface area contributed by atoms with Crippen molar-refractivity contribution in [3.8, 4) is 0 Å². The van der Waals surface area contributed by atoms with E-state index in [9.17, 15) is 19.2 Å². The first kappa shape index (κ1) is 23.8. The molecule has 4 aromatic rings. The molecule has 0 radical (unpaired) electrons. The van der Waals surface area contributed by atoms with Gasteiger partial charge in [0.25, 0.3) is 11.5 Å². The minimum atomic E-state index is -1.17. The highest BCUT2D eigenvalue weighted by Gasteiger charge is 2.36. The van der Waals surface area contributed by atoms with E-state index in [2.05, 4.69) is 4.98 Å². The van der Waals surface area contributed by atoms with Crippen LogP contribution in [0.4, 0.5) is 11.5 Å². The Morgan fingerprint density at radius 2 is 1.54 bits per heavy atom. The number of ether oxygens (including phenoxy) is 1. The van der Waals surface area contributed by atoms with Gasteiger partial charge in [0.05, 0.1) is 18.7 Å². The average molecular weight is 497 g/mol. The maximum Gasteiger partial charge on any atom is 0.339 e. The van der Waals surface area contributed by atoms with Gasteiger partial charge in [-0.15, -0.1) is 0 Å². The van der Waals surface area contributed by atoms with E-state index >= 15 is 0 Å². The molecule has 0 spiro atoms. The Morgan fingerprint density at radius 1 is 0.919 bits per heavy atom. The van der Waals surface area contributed by atoms with Gasteiger partial charge < -0.3 is 10.5 Å². The fourth-order valence-corrected chi connectivity index (χ4v) is 4.44. The number of benzene rings is 3. The Labute approximate surface area is 211 Å². The molecule has 1 aromatic heterocycles. The average Bonchev–Trinajstić information content (AvgIpc) is 2.91. The van der Waals surface area contributed by atoms with Crippen LogP contribution in [0.25, 0.3) is 0 Å². The molecule has 186 valence electrons. The fourth-order valence-electron chi connectivity index (χ4n) is 4.44. The van der Waals surface area contributed by atoms with Gasteiger partial charge in [0.2, 0.25) is 0 Å². The van der Waals surface area contributed by atoms with Crippen LogP contribution in [-0.2, 0) is 29.0 Å². The van der Waals surface area contributed by atoms with Crippen molar-refractivity contribution in [2.24, 2.45) is 0 Å². The largest absolute Gasteiger partial charge is 0.448 e. The molecule has 1 aliphatic rings. The van der Waals surface area contributed by atoms with Crippen molar-refractivity contribution < 1.29 is 14.3 Å². The molecular formula is C28H24N4O5. The smallest absolute Gasteiger partial charge is 0.339 e. The number of nitrogens with zero attached hydrogens (tertiary/aromatic N) is 2. The van der Waals surface area contributed by atoms with E-state index in [4.69, 9.17) is 10.5 Å². The third kappa shape index (κ3) is 4.79. The van der Waals surface area contributed by atoms with Crippen molar-refractivity contribution in [1.82, 2.24) is 9.55 Å². The molecule has 37 heavy (non-hydrogen) atoms. The molecule has 1 amide bonds. The normalized spacial score (nSPS) is 14.5. The second-order valence-corrected chi connectivity index (χ2v) is 8.73. The van der Waals surface area contributed by atoms with E-state index in [1.165, 1.54) is 9.47 Å². The van der Waals surface area contributed by atoms with Crippen molar-refractivity contribution in [2.45, 2.75) is 25.6 Å². The fraction of sp³-hybridized carbons (Fsp3) is 0.143. The summed E-state index contributed by atoms with van der Waals surface area (Å²) in [6.45, 7) is 0.0701. The second-order valence-electron chi connectivity index (χ2n) is 8.73. The standard InChI is InChI=1S/C28H24N4O5/c29-24-23(25(33)30-28(36)32(24)17-19-11-5-2-6-12-19)31(16-18-9-3-1-4-10-18)26(34)22-15-20-13-7-8-14-21(20)27(35)37-22/h1-14,22H,15-17,29H2,(H,30,33,36). The minimum absolute atomic E-state index is 0.0216. The van der Waals surface area contributed by atoms with Crippen LogP contribution in [0.1, 0.15) is 27.0 Å². The van der Waals surface area contributed by atoms with Crippen LogP contribution < -0.4 is 21.9 Å². The van der Waals surface area contributed by atoms with Crippen molar-refractivity contribution in [3.05, 3.63) is 128 Å². The molecule has 0 fully saturated rings. The first-order valence-corrected chi connectivity index (χ1v) is 11.7. The maximum atomic E-state index is 13.9. The molecular weight excluding hydrogens is 472 g/mol. The van der Waals surface area contributed by atoms with Gasteiger partial charge in [0.15, 0.2) is 11.8 Å². The van der Waals surface area contributed by atoms with Gasteiger partial charge in [-0.05, 0) is 22.8 Å². The number of rotatable bonds is 6. The Morgan fingerprint density at radius 3 is 2.24 bits per heavy atom. The lowest BCUT2D eigenvalue weighted by atomic mass is 9.98. The van der Waals surface area contributed by atoms with Crippen LogP contribution in [0.2, 0.25) is 0 Å². The Balaban J connectivity index is 1.58. The summed E-state index contributed by atoms with van der Waals surface area (Å²) < 4.78 is 6.70. The van der Waals surface area contributed by atoms with Crippen molar-refractivity contribution in [3.63, 3.8) is 0 Å². The zero-order valence-electron chi connectivity index (χ0n) is 19.8. The lowest BCUT2D eigenvalue weighted by Gasteiger charge is -2.30. The summed E-state index contributed by atoms with van der Waals surface area (Å²) >= 11 is 0. The molecule has 0 bridgehead atoms. The van der Waals surface area contributed by atoms with Gasteiger partial charge >= 0.3 is 11.7 Å². The molecule has 0 aliphatic carbocycles. The van der Waals surface area contributed by atoms with E-state index in [-0.39, 0.29) is 31.0 Å². The van der Waals surface area contributed by atoms with E-state index in [0.29, 0.717) is 11.1 Å². The van der Waals surface area contributed by atoms with E-state index < -0.39 is 29.2 Å². The molecule has 0 saturated carbocycles. The number of fused-ring (bicyclic) bond motifs is 1. The van der Waals surface area contributed by atoms with Gasteiger partial charge in [-0.3, -0.25) is 24.0 Å². The second kappa shape index (κ2) is 9.98. The van der Waals surface area contributed by atoms with E-state index in [0.717, 1.165) is 11.1 Å². The van der Waals surface area contributed by atoms with Crippen LogP contribution in [0.15, 0.2) is 94.5 Å². The van der Waals surface area contributed by atoms with Crippen LogP contribution >= 0.6 is 0 Å². The molecule has 1 unspecified atom stereocenters. The number of cyclic esters (lactones) is 1. The van der Waals surface area contributed by atoms with Gasteiger partial charge in [-0.2, -0.15) is 0 Å². The monoisotopic (exact) mass is 496 g/mol. The maximum absolute atomic E-state index is 13.9. The van der Waals surface area contributed by atoms with E-state index in [1.54, 1.807) is 48.5 Å². The molecule has 3 N–H and O–H groups in total. The molecule has 3 aromatic carbocycles.